The molecule has 9 heteroatoms. The number of alkyl halides is 2. The molecule has 0 aromatic carbocycles. The van der Waals surface area contributed by atoms with E-state index in [0.717, 1.165) is 4.13 Å². The quantitative estimate of drug-likeness (QED) is 0.650. The maximum atomic E-state index is 11.4. The van der Waals surface area contributed by atoms with E-state index in [9.17, 15) is 25.6 Å². The predicted octanol–water partition coefficient (Wildman–Crippen LogP) is -0.910. The van der Waals surface area contributed by atoms with Crippen molar-refractivity contribution in [2.75, 3.05) is 12.0 Å². The zero-order valence-corrected chi connectivity index (χ0v) is 6.75. The molecular formula is C2H5F2NO4S2. The van der Waals surface area contributed by atoms with E-state index in [4.69, 9.17) is 0 Å². The number of rotatable bonds is 4. The van der Waals surface area contributed by atoms with E-state index >= 15 is 0 Å². The Morgan fingerprint density at radius 1 is 0.909 bits per heavy atom. The summed E-state index contributed by atoms with van der Waals surface area (Å²) in [4.78, 5) is 0. The molecule has 0 bridgehead atoms. The molecule has 0 atom stereocenters. The van der Waals surface area contributed by atoms with Gasteiger partial charge in [-0.3, -0.25) is 0 Å². The average Bonchev–Trinajstić information content (AvgIpc) is 1.86. The fourth-order valence-electron chi connectivity index (χ4n) is 0.238. The molecular weight excluding hydrogens is 204 g/mol. The van der Waals surface area contributed by atoms with E-state index in [-0.39, 0.29) is 0 Å². The van der Waals surface area contributed by atoms with Crippen LogP contribution in [0.1, 0.15) is 0 Å². The van der Waals surface area contributed by atoms with Crippen molar-refractivity contribution in [2.45, 2.75) is 0 Å². The molecule has 11 heavy (non-hydrogen) atoms. The van der Waals surface area contributed by atoms with Crippen LogP contribution in [0.15, 0.2) is 0 Å². The van der Waals surface area contributed by atoms with Crippen LogP contribution in [0.2, 0.25) is 0 Å². The Hall–Kier alpha value is -0.280. The standard InChI is InChI=1S/C2H5F2NO4S2/c3-1-10(6,7)5-11(8,9)2-4/h5H,1-2H2. The first-order valence-corrected chi connectivity index (χ1v) is 5.49. The van der Waals surface area contributed by atoms with Crippen LogP contribution in [0.4, 0.5) is 8.78 Å². The van der Waals surface area contributed by atoms with Crippen LogP contribution in [0.25, 0.3) is 0 Å². The van der Waals surface area contributed by atoms with Gasteiger partial charge in [-0.2, -0.15) is 0 Å². The summed E-state index contributed by atoms with van der Waals surface area (Å²) in [5.41, 5.74) is 0. The lowest BCUT2D eigenvalue weighted by molar-refractivity contribution is 0.517. The lowest BCUT2D eigenvalue weighted by atomic mass is 11.8. The number of hydrogen-bond acceptors (Lipinski definition) is 4. The Balaban J connectivity index is 4.54. The third-order valence-electron chi connectivity index (χ3n) is 0.541. The SMILES string of the molecule is O=S(=O)(CF)NS(=O)(=O)CF. The Labute approximate surface area is 62.5 Å². The Morgan fingerprint density at radius 3 is 1.36 bits per heavy atom. The van der Waals surface area contributed by atoms with Crippen molar-refractivity contribution in [3.63, 3.8) is 0 Å². The van der Waals surface area contributed by atoms with Crippen molar-refractivity contribution in [1.82, 2.24) is 4.13 Å². The lowest BCUT2D eigenvalue weighted by Gasteiger charge is -1.99. The first-order valence-electron chi connectivity index (χ1n) is 2.19. The fourth-order valence-corrected chi connectivity index (χ4v) is 2.14. The normalized spacial score (nSPS) is 13.3. The monoisotopic (exact) mass is 209 g/mol. The van der Waals surface area contributed by atoms with Gasteiger partial charge in [-0.15, -0.1) is 4.13 Å². The van der Waals surface area contributed by atoms with Gasteiger partial charge in [0, 0.05) is 0 Å². The summed E-state index contributed by atoms with van der Waals surface area (Å²) in [5.74, 6) is 0. The van der Waals surface area contributed by atoms with E-state index in [1.807, 2.05) is 0 Å². The highest BCUT2D eigenvalue weighted by Crippen LogP contribution is 1.91. The van der Waals surface area contributed by atoms with Crippen LogP contribution < -0.4 is 4.13 Å². The largest absolute Gasteiger partial charge is 0.254 e. The molecule has 0 aliphatic heterocycles. The molecule has 0 fully saturated rings. The van der Waals surface area contributed by atoms with Crippen LogP contribution >= 0.6 is 0 Å². The van der Waals surface area contributed by atoms with Gasteiger partial charge in [-0.05, 0) is 0 Å². The van der Waals surface area contributed by atoms with Crippen LogP contribution in [0.5, 0.6) is 0 Å². The molecule has 5 nitrogen and oxygen atoms in total. The van der Waals surface area contributed by atoms with Crippen molar-refractivity contribution >= 4 is 20.0 Å². The summed E-state index contributed by atoms with van der Waals surface area (Å²) >= 11 is 0. The second kappa shape index (κ2) is 3.41. The molecule has 0 heterocycles. The van der Waals surface area contributed by atoms with E-state index in [0.29, 0.717) is 0 Å². The molecule has 0 radical (unpaired) electrons. The molecule has 0 spiro atoms. The molecule has 0 aromatic heterocycles. The van der Waals surface area contributed by atoms with Gasteiger partial charge in [0.2, 0.25) is 12.0 Å². The summed E-state index contributed by atoms with van der Waals surface area (Å²) in [6.07, 6.45) is 0. The summed E-state index contributed by atoms with van der Waals surface area (Å²) < 4.78 is 64.2. The average molecular weight is 209 g/mol. The van der Waals surface area contributed by atoms with Gasteiger partial charge in [0.1, 0.15) is 0 Å². The van der Waals surface area contributed by atoms with E-state index in [2.05, 4.69) is 0 Å². The van der Waals surface area contributed by atoms with E-state index in [1.165, 1.54) is 0 Å². The Bertz CT molecular complexity index is 273. The molecule has 0 aliphatic rings. The summed E-state index contributed by atoms with van der Waals surface area (Å²) in [6.45, 7) is 0. The maximum Gasteiger partial charge on any atom is 0.254 e. The minimum absolute atomic E-state index is 0.826. The van der Waals surface area contributed by atoms with Crippen LogP contribution in [0.3, 0.4) is 0 Å². The fraction of sp³-hybridized carbons (Fsp3) is 1.00. The van der Waals surface area contributed by atoms with Crippen LogP contribution in [0, 0.1) is 0 Å². The minimum atomic E-state index is -4.53. The molecule has 1 N–H and O–H groups in total. The zero-order valence-electron chi connectivity index (χ0n) is 5.12. The summed E-state index contributed by atoms with van der Waals surface area (Å²) in [5, 5.41) is 0. The van der Waals surface area contributed by atoms with E-state index in [1.54, 1.807) is 0 Å². The smallest absolute Gasteiger partial charge is 0.232 e. The van der Waals surface area contributed by atoms with Crippen molar-refractivity contribution in [3.8, 4) is 0 Å². The van der Waals surface area contributed by atoms with Crippen molar-refractivity contribution in [1.29, 1.82) is 0 Å². The summed E-state index contributed by atoms with van der Waals surface area (Å²) in [6, 6.07) is -3.79. The van der Waals surface area contributed by atoms with Crippen molar-refractivity contribution in [2.24, 2.45) is 0 Å². The van der Waals surface area contributed by atoms with Crippen LogP contribution in [-0.2, 0) is 20.0 Å². The predicted molar refractivity (Wildman–Crippen MR) is 32.9 cm³/mol. The molecule has 0 aromatic rings. The third kappa shape index (κ3) is 4.22. The molecule has 68 valence electrons. The van der Waals surface area contributed by atoms with Gasteiger partial charge in [-0.25, -0.2) is 25.6 Å². The number of sulfonamides is 2. The van der Waals surface area contributed by atoms with E-state index < -0.39 is 32.1 Å². The zero-order chi connectivity index (χ0) is 9.12. The highest BCUT2D eigenvalue weighted by atomic mass is 32.3. The first kappa shape index (κ1) is 10.7. The Morgan fingerprint density at radius 2 is 1.18 bits per heavy atom. The number of hydrogen-bond donors (Lipinski definition) is 1. The van der Waals surface area contributed by atoms with Crippen molar-refractivity contribution in [3.05, 3.63) is 0 Å². The Kier molecular flexibility index (Phi) is 3.32. The minimum Gasteiger partial charge on any atom is -0.232 e. The number of halogens is 2. The first-order chi connectivity index (χ1) is 4.83. The highest BCUT2D eigenvalue weighted by molar-refractivity contribution is 8.04. The van der Waals surface area contributed by atoms with Gasteiger partial charge in [0.25, 0.3) is 20.0 Å². The molecule has 0 amide bonds. The second-order valence-electron chi connectivity index (χ2n) is 1.53. The lowest BCUT2D eigenvalue weighted by Crippen LogP contribution is -2.32. The molecule has 0 aliphatic carbocycles. The molecule has 0 rings (SSSR count). The molecule has 0 saturated carbocycles. The highest BCUT2D eigenvalue weighted by Gasteiger charge is 2.19. The maximum absolute atomic E-state index is 11.4. The third-order valence-corrected chi connectivity index (χ3v) is 3.15. The van der Waals surface area contributed by atoms with Crippen LogP contribution in [-0.4, -0.2) is 28.8 Å². The van der Waals surface area contributed by atoms with Gasteiger partial charge < -0.3 is 0 Å². The topological polar surface area (TPSA) is 80.3 Å². The number of nitrogens with one attached hydrogen (secondary N) is 1. The van der Waals surface area contributed by atoms with Gasteiger partial charge >= 0.3 is 0 Å². The molecule has 0 unspecified atom stereocenters. The molecule has 0 saturated heterocycles. The second-order valence-corrected chi connectivity index (χ2v) is 5.09. The van der Waals surface area contributed by atoms with Gasteiger partial charge in [-0.1, -0.05) is 0 Å². The van der Waals surface area contributed by atoms with Gasteiger partial charge in [0.05, 0.1) is 0 Å². The van der Waals surface area contributed by atoms with Crippen molar-refractivity contribution < 1.29 is 25.6 Å². The van der Waals surface area contributed by atoms with Gasteiger partial charge in [0.15, 0.2) is 0 Å². The summed E-state index contributed by atoms with van der Waals surface area (Å²) in [7, 11) is -9.07.